The smallest absolute Gasteiger partial charge is 0.411 e. The molecule has 2 aliphatic rings. The minimum atomic E-state index is -0.925. The van der Waals surface area contributed by atoms with Crippen LogP contribution in [0.1, 0.15) is 45.6 Å². The van der Waals surface area contributed by atoms with Crippen molar-refractivity contribution in [1.29, 1.82) is 5.26 Å². The fraction of sp³-hybridized carbons (Fsp3) is 0.500. The largest absolute Gasteiger partial charge is 0.444 e. The van der Waals surface area contributed by atoms with Gasteiger partial charge in [-0.3, -0.25) is 14.8 Å². The predicted octanol–water partition coefficient (Wildman–Crippen LogP) is 3.55. The number of likely N-dealkylation sites (tertiary alicyclic amines) is 1. The van der Waals surface area contributed by atoms with Gasteiger partial charge >= 0.3 is 6.09 Å². The van der Waals surface area contributed by atoms with E-state index >= 15 is 0 Å². The van der Waals surface area contributed by atoms with Gasteiger partial charge in [-0.05, 0) is 63.1 Å². The molecule has 1 saturated heterocycles. The molecule has 2 aromatic rings. The molecule has 33 heavy (non-hydrogen) atoms. The number of nitrogens with zero attached hydrogens (tertiary/aromatic N) is 3. The molecule has 4 rings (SSSR count). The first-order chi connectivity index (χ1) is 15.7. The molecule has 1 aromatic carbocycles. The summed E-state index contributed by atoms with van der Waals surface area (Å²) in [5, 5.41) is 18.9. The van der Waals surface area contributed by atoms with Crippen LogP contribution in [0.4, 0.5) is 9.18 Å². The lowest BCUT2D eigenvalue weighted by molar-refractivity contribution is -0.128. The van der Waals surface area contributed by atoms with Crippen molar-refractivity contribution in [3.63, 3.8) is 0 Å². The Hall–Kier alpha value is -3.41. The van der Waals surface area contributed by atoms with Crippen LogP contribution in [-0.4, -0.2) is 50.8 Å². The fourth-order valence-electron chi connectivity index (χ4n) is 4.81. The van der Waals surface area contributed by atoms with E-state index in [1.54, 1.807) is 45.3 Å². The van der Waals surface area contributed by atoms with Crippen LogP contribution in [0.25, 0.3) is 11.1 Å². The van der Waals surface area contributed by atoms with Crippen LogP contribution in [0.3, 0.4) is 0 Å². The van der Waals surface area contributed by atoms with Gasteiger partial charge in [-0.15, -0.1) is 0 Å². The summed E-state index contributed by atoms with van der Waals surface area (Å²) in [7, 11) is 0. The Balaban J connectivity index is 1.45. The Morgan fingerprint density at radius 2 is 2.15 bits per heavy atom. The molecule has 9 heteroatoms. The minimum Gasteiger partial charge on any atom is -0.444 e. The summed E-state index contributed by atoms with van der Waals surface area (Å²) in [6, 6.07) is 5.16. The van der Waals surface area contributed by atoms with Crippen LogP contribution in [-0.2, 0) is 16.0 Å². The molecular formula is C24H28FN5O3. The number of carbonyl (C=O) groups is 2. The third kappa shape index (κ3) is 4.85. The molecule has 0 spiro atoms. The maximum absolute atomic E-state index is 14.7. The van der Waals surface area contributed by atoms with Crippen LogP contribution >= 0.6 is 0 Å². The van der Waals surface area contributed by atoms with Crippen LogP contribution < -0.4 is 5.32 Å². The summed E-state index contributed by atoms with van der Waals surface area (Å²) in [5.41, 5.74) is 1.07. The number of rotatable bonds is 5. The quantitative estimate of drug-likeness (QED) is 0.719. The average Bonchev–Trinajstić information content (AvgIpc) is 3.50. The van der Waals surface area contributed by atoms with Gasteiger partial charge in [0, 0.05) is 24.2 Å². The lowest BCUT2D eigenvalue weighted by Crippen LogP contribution is -2.55. The van der Waals surface area contributed by atoms with E-state index < -0.39 is 35.5 Å². The first kappa shape index (κ1) is 22.8. The molecule has 2 bridgehead atoms. The van der Waals surface area contributed by atoms with Crippen LogP contribution in [0.5, 0.6) is 0 Å². The molecule has 1 aliphatic carbocycles. The number of nitriles is 1. The maximum atomic E-state index is 14.7. The van der Waals surface area contributed by atoms with Crippen LogP contribution in [0, 0.1) is 23.1 Å². The summed E-state index contributed by atoms with van der Waals surface area (Å²) < 4.78 is 20.2. The first-order valence-electron chi connectivity index (χ1n) is 11.1. The molecule has 4 unspecified atom stereocenters. The highest BCUT2D eigenvalue weighted by molar-refractivity contribution is 5.87. The van der Waals surface area contributed by atoms with Crippen LogP contribution in [0.15, 0.2) is 30.6 Å². The number of benzene rings is 1. The number of hydrogen-bond donors (Lipinski definition) is 2. The number of H-pyrrole nitrogens is 1. The zero-order chi connectivity index (χ0) is 23.8. The molecule has 2 heterocycles. The second kappa shape index (κ2) is 8.85. The van der Waals surface area contributed by atoms with Crippen molar-refractivity contribution in [1.82, 2.24) is 20.4 Å². The first-order valence-corrected chi connectivity index (χ1v) is 11.1. The summed E-state index contributed by atoms with van der Waals surface area (Å²) in [6.45, 7) is 5.35. The van der Waals surface area contributed by atoms with Crippen LogP contribution in [0.2, 0.25) is 0 Å². The van der Waals surface area contributed by atoms with E-state index in [-0.39, 0.29) is 18.4 Å². The summed E-state index contributed by atoms with van der Waals surface area (Å²) in [5.74, 6) is -0.818. The Morgan fingerprint density at radius 1 is 1.36 bits per heavy atom. The van der Waals surface area contributed by atoms with E-state index in [9.17, 15) is 19.2 Å². The second-order valence-corrected chi connectivity index (χ2v) is 9.75. The van der Waals surface area contributed by atoms with Crippen molar-refractivity contribution in [3.8, 4) is 17.2 Å². The number of carbonyl (C=O) groups excluding carboxylic acids is 2. The van der Waals surface area contributed by atoms with Gasteiger partial charge in [0.15, 0.2) is 0 Å². The number of aromatic nitrogens is 2. The van der Waals surface area contributed by atoms with Gasteiger partial charge in [0.05, 0.1) is 12.3 Å². The van der Waals surface area contributed by atoms with E-state index in [2.05, 4.69) is 21.6 Å². The van der Waals surface area contributed by atoms with Gasteiger partial charge in [-0.1, -0.05) is 12.1 Å². The highest BCUT2D eigenvalue weighted by Gasteiger charge is 2.52. The van der Waals surface area contributed by atoms with Crippen molar-refractivity contribution < 1.29 is 18.7 Å². The lowest BCUT2D eigenvalue weighted by atomic mass is 9.97. The van der Waals surface area contributed by atoms with Gasteiger partial charge < -0.3 is 10.1 Å². The van der Waals surface area contributed by atoms with Crippen molar-refractivity contribution in [2.24, 2.45) is 5.92 Å². The van der Waals surface area contributed by atoms with Crippen molar-refractivity contribution in [2.45, 2.75) is 70.2 Å². The molecule has 1 saturated carbocycles. The zero-order valence-corrected chi connectivity index (χ0v) is 19.0. The molecule has 4 atom stereocenters. The molecule has 8 nitrogen and oxygen atoms in total. The number of fused-ring (bicyclic) bond motifs is 2. The third-order valence-electron chi connectivity index (χ3n) is 6.24. The molecule has 2 N–H and O–H groups in total. The summed E-state index contributed by atoms with van der Waals surface area (Å²) in [4.78, 5) is 27.5. The topological polar surface area (TPSA) is 111 Å². The number of nitrogens with one attached hydrogen (secondary N) is 2. The van der Waals surface area contributed by atoms with Gasteiger partial charge in [0.2, 0.25) is 5.91 Å². The highest BCUT2D eigenvalue weighted by atomic mass is 19.1. The Kier molecular flexibility index (Phi) is 6.11. The number of piperidine rings is 1. The van der Waals surface area contributed by atoms with Gasteiger partial charge in [-0.25, -0.2) is 9.18 Å². The molecule has 2 amide bonds. The lowest BCUT2D eigenvalue weighted by Gasteiger charge is -2.35. The number of amides is 2. The van der Waals surface area contributed by atoms with Gasteiger partial charge in [-0.2, -0.15) is 10.4 Å². The molecule has 1 aliphatic heterocycles. The van der Waals surface area contributed by atoms with E-state index in [0.717, 1.165) is 24.8 Å². The van der Waals surface area contributed by atoms with Gasteiger partial charge in [0.1, 0.15) is 23.5 Å². The number of ether oxygens (including phenoxy) is 1. The minimum absolute atomic E-state index is 0.0208. The Morgan fingerprint density at radius 3 is 2.79 bits per heavy atom. The maximum Gasteiger partial charge on any atom is 0.411 e. The monoisotopic (exact) mass is 453 g/mol. The fourth-order valence-corrected chi connectivity index (χ4v) is 4.81. The summed E-state index contributed by atoms with van der Waals surface area (Å²) >= 11 is 0. The predicted molar refractivity (Wildman–Crippen MR) is 118 cm³/mol. The molecule has 0 radical (unpaired) electrons. The van der Waals surface area contributed by atoms with Gasteiger partial charge in [0.25, 0.3) is 0 Å². The third-order valence-corrected chi connectivity index (χ3v) is 6.24. The highest BCUT2D eigenvalue weighted by Crippen LogP contribution is 2.43. The van der Waals surface area contributed by atoms with Crippen molar-refractivity contribution >= 4 is 12.0 Å². The number of halogens is 1. The van der Waals surface area contributed by atoms with E-state index in [0.29, 0.717) is 11.1 Å². The number of hydrogen-bond acceptors (Lipinski definition) is 5. The Bertz CT molecular complexity index is 1070. The van der Waals surface area contributed by atoms with Crippen molar-refractivity contribution in [2.75, 3.05) is 0 Å². The second-order valence-electron chi connectivity index (χ2n) is 9.75. The summed E-state index contributed by atoms with van der Waals surface area (Å²) in [6.07, 6.45) is 5.21. The van der Waals surface area contributed by atoms with E-state index in [1.807, 2.05) is 0 Å². The zero-order valence-electron chi connectivity index (χ0n) is 19.0. The Labute approximate surface area is 192 Å². The molecule has 2 fully saturated rings. The SMILES string of the molecule is CC(C)(C)OC(=O)N1C2CCC(C2)C1C(=O)NC(C#N)Cc1ccc(-c2cn[nH]c2)cc1F. The van der Waals surface area contributed by atoms with Crippen molar-refractivity contribution in [3.05, 3.63) is 42.0 Å². The molecular weight excluding hydrogens is 425 g/mol. The van der Waals surface area contributed by atoms with E-state index in [1.165, 1.54) is 11.0 Å². The van der Waals surface area contributed by atoms with E-state index in [4.69, 9.17) is 4.74 Å². The standard InChI is InChI=1S/C24H28FN5O3/c1-24(2,3)33-23(32)30-19-7-6-16(9-19)21(30)22(31)29-18(11-26)8-15-5-4-14(10-20(15)25)17-12-27-28-13-17/h4-5,10,12-13,16,18-19,21H,6-9H2,1-3H3,(H,27,28)(H,29,31). The average molecular weight is 454 g/mol. The molecule has 1 aromatic heterocycles. The molecule has 174 valence electrons. The number of aromatic amines is 1. The normalized spacial score (nSPS) is 22.6.